The first-order chi connectivity index (χ1) is 17.2. The van der Waals surface area contributed by atoms with Crippen LogP contribution in [0.2, 0.25) is 0 Å². The lowest BCUT2D eigenvalue weighted by Gasteiger charge is -2.32. The third kappa shape index (κ3) is 5.87. The van der Waals surface area contributed by atoms with Crippen LogP contribution in [0.3, 0.4) is 0 Å². The average molecular weight is 487 g/mol. The summed E-state index contributed by atoms with van der Waals surface area (Å²) in [6, 6.07) is 21.6. The molecule has 0 amide bonds. The summed E-state index contributed by atoms with van der Waals surface area (Å²) in [6.45, 7) is 9.66. The first-order valence-corrected chi connectivity index (χ1v) is 13.2. The number of anilines is 1. The number of rotatable bonds is 9. The van der Waals surface area contributed by atoms with Crippen molar-refractivity contribution in [3.63, 3.8) is 0 Å². The van der Waals surface area contributed by atoms with Crippen LogP contribution in [0.4, 0.5) is 5.69 Å². The number of ether oxygens (including phenoxy) is 1. The summed E-state index contributed by atoms with van der Waals surface area (Å²) in [6.07, 6.45) is 3.08. The van der Waals surface area contributed by atoms with Crippen LogP contribution < -0.4 is 9.64 Å². The second-order valence-electron chi connectivity index (χ2n) is 11.2. The summed E-state index contributed by atoms with van der Waals surface area (Å²) in [5.41, 5.74) is 8.09. The predicted octanol–water partition coefficient (Wildman–Crippen LogP) is 6.54. The van der Waals surface area contributed by atoms with Gasteiger partial charge in [-0.25, -0.2) is 0 Å². The topological polar surface area (TPSA) is 35.9 Å². The van der Waals surface area contributed by atoms with Crippen LogP contribution in [0.5, 0.6) is 11.5 Å². The van der Waals surface area contributed by atoms with E-state index in [2.05, 4.69) is 93.2 Å². The number of phenolic OH excluding ortho intramolecular Hbond substituents is 1. The third-order valence-corrected chi connectivity index (χ3v) is 7.64. The number of nitrogens with zero attached hydrogens (tertiary/aromatic N) is 2. The molecule has 0 fully saturated rings. The molecular weight excluding hydrogens is 444 g/mol. The van der Waals surface area contributed by atoms with Gasteiger partial charge in [-0.15, -0.1) is 0 Å². The first kappa shape index (κ1) is 26.1. The Labute approximate surface area is 217 Å². The number of aryl methyl sites for hydroxylation is 1. The second kappa shape index (κ2) is 11.0. The Balaban J connectivity index is 1.59. The molecule has 0 bridgehead atoms. The molecule has 4 nitrogen and oxygen atoms in total. The van der Waals surface area contributed by atoms with Crippen molar-refractivity contribution in [1.82, 2.24) is 4.90 Å². The Morgan fingerprint density at radius 2 is 1.72 bits per heavy atom. The van der Waals surface area contributed by atoms with E-state index in [0.29, 0.717) is 11.7 Å². The van der Waals surface area contributed by atoms with Gasteiger partial charge in [0, 0.05) is 36.8 Å². The SMILES string of the molecule is CCN(Cc1ccc(C(C)(C)CN(C)C)cc1)c1cc(OC)ccc1[C@@H]1CCc2cc(O)ccc2C1. The monoisotopic (exact) mass is 486 g/mol. The number of methoxy groups -OCH3 is 1. The molecule has 0 unspecified atom stereocenters. The molecule has 3 aromatic rings. The molecule has 4 heteroatoms. The standard InChI is InChI=1S/C32H42N2O2/c1-7-34(21-23-8-13-27(14-9-23)32(2,3)22-33(4)5)31-20-29(36-6)16-17-30(31)26-11-10-25-19-28(35)15-12-24(25)18-26/h8-9,12-17,19-20,26,35H,7,10-11,18,21-22H2,1-6H3/t26-/m1/s1. The second-order valence-corrected chi connectivity index (χ2v) is 11.2. The fourth-order valence-corrected chi connectivity index (χ4v) is 5.81. The quantitative estimate of drug-likeness (QED) is 0.373. The van der Waals surface area contributed by atoms with E-state index in [1.165, 1.54) is 33.5 Å². The molecule has 0 saturated heterocycles. The van der Waals surface area contributed by atoms with Crippen LogP contribution in [0.15, 0.2) is 60.7 Å². The molecule has 0 saturated carbocycles. The van der Waals surface area contributed by atoms with E-state index in [1.54, 1.807) is 7.11 Å². The molecule has 0 aromatic heterocycles. The maximum Gasteiger partial charge on any atom is 0.120 e. The smallest absolute Gasteiger partial charge is 0.120 e. The van der Waals surface area contributed by atoms with Crippen LogP contribution in [0, 0.1) is 0 Å². The average Bonchev–Trinajstić information content (AvgIpc) is 2.86. The highest BCUT2D eigenvalue weighted by Crippen LogP contribution is 2.40. The van der Waals surface area contributed by atoms with Gasteiger partial charge in [0.05, 0.1) is 7.11 Å². The van der Waals surface area contributed by atoms with Crippen molar-refractivity contribution in [2.45, 2.75) is 57.9 Å². The Bertz CT molecular complexity index is 1170. The molecule has 0 aliphatic heterocycles. The van der Waals surface area contributed by atoms with Gasteiger partial charge in [-0.2, -0.15) is 0 Å². The number of hydrogen-bond donors (Lipinski definition) is 1. The lowest BCUT2D eigenvalue weighted by atomic mass is 9.79. The molecule has 1 aliphatic carbocycles. The maximum absolute atomic E-state index is 9.90. The minimum Gasteiger partial charge on any atom is -0.508 e. The molecular formula is C32H42N2O2. The fraction of sp³-hybridized carbons (Fsp3) is 0.438. The van der Waals surface area contributed by atoms with Crippen LogP contribution >= 0.6 is 0 Å². The summed E-state index contributed by atoms with van der Waals surface area (Å²) in [4.78, 5) is 4.73. The van der Waals surface area contributed by atoms with Gasteiger partial charge >= 0.3 is 0 Å². The lowest BCUT2D eigenvalue weighted by molar-refractivity contribution is 0.315. The molecule has 1 N–H and O–H groups in total. The highest BCUT2D eigenvalue weighted by atomic mass is 16.5. The van der Waals surface area contributed by atoms with E-state index in [4.69, 9.17) is 4.74 Å². The highest BCUT2D eigenvalue weighted by molar-refractivity contribution is 5.60. The van der Waals surface area contributed by atoms with E-state index < -0.39 is 0 Å². The van der Waals surface area contributed by atoms with E-state index in [1.807, 2.05) is 12.1 Å². The number of fused-ring (bicyclic) bond motifs is 1. The molecule has 4 rings (SSSR count). The van der Waals surface area contributed by atoms with Crippen molar-refractivity contribution in [3.05, 3.63) is 88.5 Å². The predicted molar refractivity (Wildman–Crippen MR) is 151 cm³/mol. The summed E-state index contributed by atoms with van der Waals surface area (Å²) in [5.74, 6) is 1.71. The van der Waals surface area contributed by atoms with Crippen LogP contribution in [-0.4, -0.2) is 44.3 Å². The van der Waals surface area contributed by atoms with Crippen molar-refractivity contribution in [2.24, 2.45) is 0 Å². The third-order valence-electron chi connectivity index (χ3n) is 7.64. The van der Waals surface area contributed by atoms with E-state index in [9.17, 15) is 5.11 Å². The maximum atomic E-state index is 9.90. The van der Waals surface area contributed by atoms with Crippen LogP contribution in [0.1, 0.15) is 60.9 Å². The van der Waals surface area contributed by atoms with Crippen molar-refractivity contribution in [3.8, 4) is 11.5 Å². The minimum atomic E-state index is 0.112. The van der Waals surface area contributed by atoms with Gasteiger partial charge in [0.2, 0.25) is 0 Å². The number of likely N-dealkylation sites (N-methyl/N-ethyl adjacent to an activating group) is 1. The zero-order valence-corrected chi connectivity index (χ0v) is 22.8. The van der Waals surface area contributed by atoms with E-state index in [-0.39, 0.29) is 5.41 Å². The zero-order chi connectivity index (χ0) is 25.9. The summed E-state index contributed by atoms with van der Waals surface area (Å²) in [7, 11) is 6.01. The number of aromatic hydroxyl groups is 1. The number of hydrogen-bond acceptors (Lipinski definition) is 4. The first-order valence-electron chi connectivity index (χ1n) is 13.2. The Morgan fingerprint density at radius 3 is 2.39 bits per heavy atom. The zero-order valence-electron chi connectivity index (χ0n) is 22.8. The van der Waals surface area contributed by atoms with Gasteiger partial charge < -0.3 is 19.6 Å². The number of phenols is 1. The van der Waals surface area contributed by atoms with E-state index >= 15 is 0 Å². The fourth-order valence-electron chi connectivity index (χ4n) is 5.81. The van der Waals surface area contributed by atoms with Crippen molar-refractivity contribution in [1.29, 1.82) is 0 Å². The van der Waals surface area contributed by atoms with Gasteiger partial charge in [0.25, 0.3) is 0 Å². The molecule has 36 heavy (non-hydrogen) atoms. The van der Waals surface area contributed by atoms with Gasteiger partial charge in [0.15, 0.2) is 0 Å². The van der Waals surface area contributed by atoms with Crippen molar-refractivity contribution in [2.75, 3.05) is 39.2 Å². The van der Waals surface area contributed by atoms with Crippen LogP contribution in [-0.2, 0) is 24.8 Å². The molecule has 0 spiro atoms. The normalized spacial score (nSPS) is 15.6. The molecule has 1 atom stereocenters. The lowest BCUT2D eigenvalue weighted by Crippen LogP contribution is -2.32. The minimum absolute atomic E-state index is 0.112. The van der Waals surface area contributed by atoms with Gasteiger partial charge in [-0.1, -0.05) is 50.2 Å². The van der Waals surface area contributed by atoms with Gasteiger partial charge in [-0.3, -0.25) is 0 Å². The molecule has 0 heterocycles. The summed E-state index contributed by atoms with van der Waals surface area (Å²) < 4.78 is 5.64. The van der Waals surface area contributed by atoms with Gasteiger partial charge in [0.1, 0.15) is 11.5 Å². The Kier molecular flexibility index (Phi) is 7.94. The summed E-state index contributed by atoms with van der Waals surface area (Å²) in [5, 5.41) is 9.90. The molecule has 3 aromatic carbocycles. The van der Waals surface area contributed by atoms with E-state index in [0.717, 1.165) is 44.6 Å². The molecule has 192 valence electrons. The molecule has 0 radical (unpaired) electrons. The Morgan fingerprint density at radius 1 is 0.972 bits per heavy atom. The van der Waals surface area contributed by atoms with Crippen LogP contribution in [0.25, 0.3) is 0 Å². The largest absolute Gasteiger partial charge is 0.508 e. The van der Waals surface area contributed by atoms with Crippen molar-refractivity contribution < 1.29 is 9.84 Å². The summed E-state index contributed by atoms with van der Waals surface area (Å²) >= 11 is 0. The number of benzene rings is 3. The van der Waals surface area contributed by atoms with Crippen molar-refractivity contribution >= 4 is 5.69 Å². The highest BCUT2D eigenvalue weighted by Gasteiger charge is 2.25. The Hall–Kier alpha value is -2.98. The molecule has 1 aliphatic rings. The van der Waals surface area contributed by atoms with Gasteiger partial charge in [-0.05, 0) is 92.2 Å².